The molecule has 4 aromatic rings. The molecule has 0 radical (unpaired) electrons. The standard InChI is InChI=1S/C20H17FIN5OS/c1-28-20-18(10-26(25-20)15-8-23-9-15)13-6-16-17(12-3-2-4-14(21)5-12)11-27(29-22)19(16)24-7-13/h2-7,10-11,15,23H,8-9H2,1H3. The number of nitrogens with zero attached hydrogens (tertiary/aromatic N) is 4. The highest BCUT2D eigenvalue weighted by atomic mass is 127. The Labute approximate surface area is 183 Å². The minimum absolute atomic E-state index is 0.258. The van der Waals surface area contributed by atoms with E-state index < -0.39 is 0 Å². The molecule has 0 bridgehead atoms. The fourth-order valence-corrected chi connectivity index (χ4v) is 4.79. The van der Waals surface area contributed by atoms with Crippen molar-refractivity contribution in [3.63, 3.8) is 0 Å². The van der Waals surface area contributed by atoms with Gasteiger partial charge in [-0.2, -0.15) is 0 Å². The average Bonchev–Trinajstić information content (AvgIpc) is 3.27. The van der Waals surface area contributed by atoms with Gasteiger partial charge in [-0.05, 0) is 23.8 Å². The lowest BCUT2D eigenvalue weighted by Crippen LogP contribution is -2.43. The Bertz CT molecular complexity index is 1200. The topological polar surface area (TPSA) is 56.9 Å². The van der Waals surface area contributed by atoms with Crippen molar-refractivity contribution in [2.24, 2.45) is 0 Å². The molecule has 0 amide bonds. The Kier molecular flexibility index (Phi) is 4.96. The first-order valence-electron chi connectivity index (χ1n) is 9.08. The highest BCUT2D eigenvalue weighted by Crippen LogP contribution is 2.38. The summed E-state index contributed by atoms with van der Waals surface area (Å²) in [5.74, 6) is 0.319. The minimum Gasteiger partial charge on any atom is -0.479 e. The van der Waals surface area contributed by atoms with Gasteiger partial charge < -0.3 is 10.1 Å². The number of hydrogen-bond acceptors (Lipinski definition) is 5. The quantitative estimate of drug-likeness (QED) is 0.386. The second-order valence-corrected chi connectivity index (χ2v) is 8.60. The molecule has 148 valence electrons. The Balaban J connectivity index is 1.67. The lowest BCUT2D eigenvalue weighted by Gasteiger charge is -2.26. The first kappa shape index (κ1) is 18.9. The maximum absolute atomic E-state index is 13.8. The average molecular weight is 521 g/mol. The summed E-state index contributed by atoms with van der Waals surface area (Å²) < 4.78 is 23.3. The van der Waals surface area contributed by atoms with E-state index in [1.54, 1.807) is 19.2 Å². The summed E-state index contributed by atoms with van der Waals surface area (Å²) in [5.41, 5.74) is 4.41. The molecule has 0 atom stereocenters. The van der Waals surface area contributed by atoms with Gasteiger partial charge in [-0.25, -0.2) is 9.37 Å². The zero-order chi connectivity index (χ0) is 20.0. The van der Waals surface area contributed by atoms with E-state index in [1.165, 1.54) is 15.2 Å². The molecule has 1 aromatic carbocycles. The monoisotopic (exact) mass is 521 g/mol. The number of nitrogens with one attached hydrogen (secondary N) is 1. The number of methoxy groups -OCH3 is 1. The molecular formula is C20H17FIN5OS. The van der Waals surface area contributed by atoms with Crippen molar-refractivity contribution in [2.75, 3.05) is 20.2 Å². The van der Waals surface area contributed by atoms with Crippen LogP contribution in [-0.4, -0.2) is 38.9 Å². The molecule has 3 aromatic heterocycles. The fraction of sp³-hybridized carbons (Fsp3) is 0.200. The number of hydrogen-bond donors (Lipinski definition) is 1. The molecular weight excluding hydrogens is 504 g/mol. The first-order valence-corrected chi connectivity index (χ1v) is 12.4. The van der Waals surface area contributed by atoms with Gasteiger partial charge >= 0.3 is 0 Å². The van der Waals surface area contributed by atoms with Crippen LogP contribution in [0, 0.1) is 5.82 Å². The number of aromatic nitrogens is 4. The van der Waals surface area contributed by atoms with Gasteiger partial charge in [-0.1, -0.05) is 12.1 Å². The van der Waals surface area contributed by atoms with Crippen molar-refractivity contribution >= 4 is 41.4 Å². The van der Waals surface area contributed by atoms with E-state index in [1.807, 2.05) is 33.3 Å². The largest absolute Gasteiger partial charge is 0.479 e. The highest BCUT2D eigenvalue weighted by Gasteiger charge is 2.23. The Morgan fingerprint density at radius 1 is 1.21 bits per heavy atom. The smallest absolute Gasteiger partial charge is 0.240 e. The van der Waals surface area contributed by atoms with E-state index in [0.29, 0.717) is 11.9 Å². The third-order valence-electron chi connectivity index (χ3n) is 5.16. The molecule has 0 aliphatic carbocycles. The van der Waals surface area contributed by atoms with Crippen molar-refractivity contribution in [3.05, 3.63) is 54.7 Å². The number of ether oxygens (including phenoxy) is 1. The molecule has 6 nitrogen and oxygen atoms in total. The summed E-state index contributed by atoms with van der Waals surface area (Å²) in [5, 5.41) is 8.80. The van der Waals surface area contributed by atoms with Crippen LogP contribution in [0.5, 0.6) is 5.88 Å². The van der Waals surface area contributed by atoms with Gasteiger partial charge in [0.25, 0.3) is 0 Å². The Morgan fingerprint density at radius 2 is 2.07 bits per heavy atom. The summed E-state index contributed by atoms with van der Waals surface area (Å²) in [4.78, 5) is 4.70. The van der Waals surface area contributed by atoms with Crippen LogP contribution >= 0.6 is 30.3 Å². The summed E-state index contributed by atoms with van der Waals surface area (Å²) >= 11 is 2.22. The molecule has 4 heterocycles. The van der Waals surface area contributed by atoms with Crippen LogP contribution in [-0.2, 0) is 0 Å². The van der Waals surface area contributed by atoms with Gasteiger partial charge in [0.15, 0.2) is 5.65 Å². The lowest BCUT2D eigenvalue weighted by atomic mass is 10.0. The molecule has 0 unspecified atom stereocenters. The summed E-state index contributed by atoms with van der Waals surface area (Å²) in [6, 6.07) is 9.06. The molecule has 1 aliphatic heterocycles. The molecule has 29 heavy (non-hydrogen) atoms. The first-order chi connectivity index (χ1) is 14.2. The highest BCUT2D eigenvalue weighted by molar-refractivity contribution is 14.2. The van der Waals surface area contributed by atoms with Crippen molar-refractivity contribution in [3.8, 4) is 28.1 Å². The second kappa shape index (κ2) is 7.62. The molecule has 1 fully saturated rings. The lowest BCUT2D eigenvalue weighted by molar-refractivity contribution is 0.306. The molecule has 5 rings (SSSR count). The van der Waals surface area contributed by atoms with Crippen LogP contribution in [0.3, 0.4) is 0 Å². The molecule has 0 spiro atoms. The van der Waals surface area contributed by atoms with Gasteiger partial charge in [0.1, 0.15) is 5.82 Å². The molecule has 1 aliphatic rings. The second-order valence-electron chi connectivity index (χ2n) is 6.89. The molecule has 1 N–H and O–H groups in total. The van der Waals surface area contributed by atoms with Crippen molar-refractivity contribution in [1.29, 1.82) is 0 Å². The van der Waals surface area contributed by atoms with Crippen molar-refractivity contribution < 1.29 is 9.13 Å². The predicted octanol–water partition coefficient (Wildman–Crippen LogP) is 4.71. The number of halogens is 2. The summed E-state index contributed by atoms with van der Waals surface area (Å²) in [7, 11) is 3.16. The number of fused-ring (bicyclic) bond motifs is 1. The van der Waals surface area contributed by atoms with E-state index in [0.717, 1.165) is 46.4 Å². The minimum atomic E-state index is -0.258. The van der Waals surface area contributed by atoms with E-state index in [-0.39, 0.29) is 5.82 Å². The third kappa shape index (κ3) is 3.30. The summed E-state index contributed by atoms with van der Waals surface area (Å²) in [6.45, 7) is 1.81. The maximum atomic E-state index is 13.8. The fourth-order valence-electron chi connectivity index (χ4n) is 3.54. The van der Waals surface area contributed by atoms with Crippen molar-refractivity contribution in [1.82, 2.24) is 24.1 Å². The van der Waals surface area contributed by atoms with Crippen LogP contribution in [0.1, 0.15) is 6.04 Å². The van der Waals surface area contributed by atoms with Gasteiger partial charge in [0.2, 0.25) is 5.88 Å². The van der Waals surface area contributed by atoms with E-state index in [9.17, 15) is 4.39 Å². The van der Waals surface area contributed by atoms with E-state index in [4.69, 9.17) is 9.72 Å². The number of rotatable bonds is 5. The van der Waals surface area contributed by atoms with E-state index in [2.05, 4.69) is 37.7 Å². The van der Waals surface area contributed by atoms with Gasteiger partial charge in [0.05, 0.1) is 18.7 Å². The summed E-state index contributed by atoms with van der Waals surface area (Å²) in [6.07, 6.45) is 5.84. The predicted molar refractivity (Wildman–Crippen MR) is 122 cm³/mol. The number of benzene rings is 1. The van der Waals surface area contributed by atoms with Gasteiger partial charge in [-0.15, -0.1) is 5.10 Å². The van der Waals surface area contributed by atoms with Crippen LogP contribution < -0.4 is 10.1 Å². The number of pyridine rings is 1. The van der Waals surface area contributed by atoms with Crippen LogP contribution in [0.4, 0.5) is 4.39 Å². The Morgan fingerprint density at radius 3 is 2.76 bits per heavy atom. The molecule has 0 saturated carbocycles. The van der Waals surface area contributed by atoms with Gasteiger partial charge in [0, 0.05) is 78.5 Å². The van der Waals surface area contributed by atoms with Crippen LogP contribution in [0.15, 0.2) is 48.9 Å². The Hall–Kier alpha value is -2.11. The van der Waals surface area contributed by atoms with Gasteiger partial charge in [-0.3, -0.25) is 8.65 Å². The zero-order valence-electron chi connectivity index (χ0n) is 15.5. The normalized spacial score (nSPS) is 14.3. The SMILES string of the molecule is COc1nn(C2CNC2)cc1-c1cnc2c(c1)c(-c1cccc(F)c1)cn2SI. The zero-order valence-corrected chi connectivity index (χ0v) is 18.4. The van der Waals surface area contributed by atoms with E-state index >= 15 is 0 Å². The van der Waals surface area contributed by atoms with Crippen LogP contribution in [0.2, 0.25) is 0 Å². The molecule has 1 saturated heterocycles. The van der Waals surface area contributed by atoms with Crippen molar-refractivity contribution in [2.45, 2.75) is 6.04 Å². The maximum Gasteiger partial charge on any atom is 0.240 e. The third-order valence-corrected chi connectivity index (χ3v) is 6.86. The molecule has 9 heteroatoms. The van der Waals surface area contributed by atoms with Crippen LogP contribution in [0.25, 0.3) is 33.3 Å².